The van der Waals surface area contributed by atoms with Crippen LogP contribution in [-0.4, -0.2) is 34.5 Å². The van der Waals surface area contributed by atoms with Crippen LogP contribution >= 0.6 is 0 Å². The number of carboxylic acid groups (broad SMARTS) is 1. The van der Waals surface area contributed by atoms with E-state index < -0.39 is 17.4 Å². The molecule has 0 aliphatic carbocycles. The fourth-order valence-electron chi connectivity index (χ4n) is 2.52. The summed E-state index contributed by atoms with van der Waals surface area (Å²) in [4.78, 5) is 27.7. The topological polar surface area (TPSA) is 108 Å². The minimum absolute atomic E-state index is 0.0392. The van der Waals surface area contributed by atoms with Crippen molar-refractivity contribution in [3.63, 3.8) is 0 Å². The van der Waals surface area contributed by atoms with E-state index in [1.165, 1.54) is 17.0 Å². The molecular formula is C14H17FN4O3. The molecule has 0 unspecified atom stereocenters. The number of nitrogen functional groups attached to an aromatic ring is 1. The predicted molar refractivity (Wildman–Crippen MR) is 78.8 cm³/mol. The molecule has 1 aromatic carbocycles. The maximum Gasteiger partial charge on any atom is 0.434 e. The third-order valence-electron chi connectivity index (χ3n) is 3.59. The van der Waals surface area contributed by atoms with Crippen LogP contribution in [0.3, 0.4) is 0 Å². The number of nitrogens with two attached hydrogens (primary N) is 1. The van der Waals surface area contributed by atoms with Gasteiger partial charge in [0, 0.05) is 12.1 Å². The van der Waals surface area contributed by atoms with E-state index in [0.717, 1.165) is 0 Å². The molecule has 1 aromatic rings. The van der Waals surface area contributed by atoms with Gasteiger partial charge in [-0.15, -0.1) is 4.99 Å². The lowest BCUT2D eigenvalue weighted by molar-refractivity contribution is -0.130. The first-order valence-corrected chi connectivity index (χ1v) is 6.73. The smallest absolute Gasteiger partial charge is 0.434 e. The fourth-order valence-corrected chi connectivity index (χ4v) is 2.52. The zero-order valence-corrected chi connectivity index (χ0v) is 12.3. The molecule has 0 aromatic heterocycles. The van der Waals surface area contributed by atoms with Gasteiger partial charge in [-0.1, -0.05) is 12.1 Å². The Balaban J connectivity index is 2.50. The van der Waals surface area contributed by atoms with Crippen LogP contribution in [0.15, 0.2) is 23.2 Å². The maximum atomic E-state index is 14.3. The van der Waals surface area contributed by atoms with Crippen LogP contribution in [0, 0.1) is 5.82 Å². The summed E-state index contributed by atoms with van der Waals surface area (Å²) >= 11 is 0. The van der Waals surface area contributed by atoms with Crippen LogP contribution in [0.4, 0.5) is 14.9 Å². The first-order valence-electron chi connectivity index (χ1n) is 6.73. The minimum atomic E-state index is -1.44. The summed E-state index contributed by atoms with van der Waals surface area (Å²) in [7, 11) is 0. The molecule has 2 amide bonds. The number of nitrogens with zero attached hydrogens (tertiary/aromatic N) is 2. The standard InChI is InChI=1S/C14H17FN4O3/c1-3-19-10(20)7-14(2,18-12(19)17-13(21)22)8-5-4-6-9(16)11(8)15/h4-6H,3,7,16H2,1-2H3,(H,17,18)(H,21,22)/t14-/m0/s1. The van der Waals surface area contributed by atoms with E-state index in [9.17, 15) is 14.0 Å². The van der Waals surface area contributed by atoms with Gasteiger partial charge in [0.15, 0.2) is 5.82 Å². The van der Waals surface area contributed by atoms with Crippen molar-refractivity contribution in [1.29, 1.82) is 0 Å². The van der Waals surface area contributed by atoms with Crippen LogP contribution in [0.1, 0.15) is 25.8 Å². The van der Waals surface area contributed by atoms with Crippen molar-refractivity contribution in [2.24, 2.45) is 4.99 Å². The van der Waals surface area contributed by atoms with Crippen molar-refractivity contribution in [3.8, 4) is 0 Å². The number of nitrogens with one attached hydrogen (secondary N) is 1. The average Bonchev–Trinajstić information content (AvgIpc) is 2.40. The Hall–Kier alpha value is -2.64. The van der Waals surface area contributed by atoms with Gasteiger partial charge in [-0.3, -0.25) is 9.69 Å². The Morgan fingerprint density at radius 3 is 2.86 bits per heavy atom. The second-order valence-electron chi connectivity index (χ2n) is 5.20. The number of halogens is 1. The van der Waals surface area contributed by atoms with Gasteiger partial charge in [-0.05, 0) is 19.9 Å². The molecular weight excluding hydrogens is 291 g/mol. The van der Waals surface area contributed by atoms with Crippen molar-refractivity contribution in [1.82, 2.24) is 10.2 Å². The Kier molecular flexibility index (Phi) is 4.03. The molecule has 1 fully saturated rings. The Morgan fingerprint density at radius 1 is 1.59 bits per heavy atom. The lowest BCUT2D eigenvalue weighted by atomic mass is 9.86. The molecule has 4 N–H and O–H groups in total. The van der Waals surface area contributed by atoms with E-state index in [1.807, 2.05) is 0 Å². The summed E-state index contributed by atoms with van der Waals surface area (Å²) in [6.45, 7) is 3.56. The quantitative estimate of drug-likeness (QED) is 0.718. The Labute approximate surface area is 126 Å². The van der Waals surface area contributed by atoms with E-state index in [1.54, 1.807) is 19.9 Å². The van der Waals surface area contributed by atoms with Gasteiger partial charge in [-0.25, -0.2) is 9.18 Å². The largest absolute Gasteiger partial charge is 0.463 e. The molecule has 1 heterocycles. The molecule has 0 bridgehead atoms. The first kappa shape index (κ1) is 15.7. The third kappa shape index (κ3) is 2.72. The molecule has 0 spiro atoms. The number of benzene rings is 1. The normalized spacial score (nSPS) is 23.5. The number of aliphatic imine (C=N–C) groups is 1. The van der Waals surface area contributed by atoms with Crippen molar-refractivity contribution in [3.05, 3.63) is 29.6 Å². The van der Waals surface area contributed by atoms with Crippen LogP contribution in [-0.2, 0) is 10.3 Å². The van der Waals surface area contributed by atoms with Crippen molar-refractivity contribution < 1.29 is 19.1 Å². The summed E-state index contributed by atoms with van der Waals surface area (Å²) in [6.07, 6.45) is -1.48. The van der Waals surface area contributed by atoms with Gasteiger partial charge >= 0.3 is 6.09 Å². The number of hydrogen-bond acceptors (Lipinski definition) is 3. The molecule has 118 valence electrons. The van der Waals surface area contributed by atoms with Crippen molar-refractivity contribution in [2.75, 3.05) is 12.3 Å². The van der Waals surface area contributed by atoms with Gasteiger partial charge in [0.1, 0.15) is 0 Å². The summed E-state index contributed by atoms with van der Waals surface area (Å²) in [6, 6.07) is 4.49. The molecule has 0 radical (unpaired) electrons. The maximum absolute atomic E-state index is 14.3. The van der Waals surface area contributed by atoms with Crippen LogP contribution in [0.2, 0.25) is 0 Å². The van der Waals surface area contributed by atoms with E-state index in [0.29, 0.717) is 0 Å². The Morgan fingerprint density at radius 2 is 2.27 bits per heavy atom. The van der Waals surface area contributed by atoms with Crippen LogP contribution in [0.25, 0.3) is 0 Å². The highest BCUT2D eigenvalue weighted by atomic mass is 19.1. The van der Waals surface area contributed by atoms with Gasteiger partial charge in [0.25, 0.3) is 0 Å². The SMILES string of the molecule is CCN1C(=O)C[C@@](C)(c2cccc(N)c2F)N/C1=N\C(=O)O. The van der Waals surface area contributed by atoms with Gasteiger partial charge in [0.05, 0.1) is 17.6 Å². The highest BCUT2D eigenvalue weighted by molar-refractivity contribution is 6.03. The zero-order valence-electron chi connectivity index (χ0n) is 12.3. The number of carbonyl (C=O) groups excluding carboxylic acids is 1. The minimum Gasteiger partial charge on any atom is -0.463 e. The van der Waals surface area contributed by atoms with E-state index in [2.05, 4.69) is 10.3 Å². The van der Waals surface area contributed by atoms with Crippen molar-refractivity contribution in [2.45, 2.75) is 25.8 Å². The Bertz CT molecular complexity index is 661. The summed E-state index contributed by atoms with van der Waals surface area (Å²) < 4.78 is 14.3. The van der Waals surface area contributed by atoms with E-state index >= 15 is 0 Å². The molecule has 1 aliphatic heterocycles. The van der Waals surface area contributed by atoms with Crippen molar-refractivity contribution >= 4 is 23.6 Å². The number of hydrogen-bond donors (Lipinski definition) is 3. The average molecular weight is 308 g/mol. The summed E-state index contributed by atoms with van der Waals surface area (Å²) in [5.41, 5.74) is 4.59. The fraction of sp³-hybridized carbons (Fsp3) is 0.357. The number of amides is 2. The van der Waals surface area contributed by atoms with Gasteiger partial charge in [0.2, 0.25) is 11.9 Å². The van der Waals surface area contributed by atoms with E-state index in [4.69, 9.17) is 10.8 Å². The number of carbonyl (C=O) groups is 2. The highest BCUT2D eigenvalue weighted by Crippen LogP contribution is 2.32. The highest BCUT2D eigenvalue weighted by Gasteiger charge is 2.41. The predicted octanol–water partition coefficient (Wildman–Crippen LogP) is 1.50. The molecule has 0 saturated carbocycles. The van der Waals surface area contributed by atoms with Crippen LogP contribution < -0.4 is 11.1 Å². The molecule has 1 saturated heterocycles. The van der Waals surface area contributed by atoms with Gasteiger partial charge in [-0.2, -0.15) is 0 Å². The molecule has 1 aliphatic rings. The number of rotatable bonds is 2. The summed E-state index contributed by atoms with van der Waals surface area (Å²) in [5.74, 6) is -1.09. The zero-order chi connectivity index (χ0) is 16.5. The first-order chi connectivity index (χ1) is 10.3. The third-order valence-corrected chi connectivity index (χ3v) is 3.59. The molecule has 7 nitrogen and oxygen atoms in total. The molecule has 1 atom stereocenters. The second-order valence-corrected chi connectivity index (χ2v) is 5.20. The molecule has 8 heteroatoms. The summed E-state index contributed by atoms with van der Waals surface area (Å²) in [5, 5.41) is 11.7. The lowest BCUT2D eigenvalue weighted by Crippen LogP contribution is -2.60. The molecule has 22 heavy (non-hydrogen) atoms. The number of guanidine groups is 1. The van der Waals surface area contributed by atoms with E-state index in [-0.39, 0.29) is 36.1 Å². The number of anilines is 1. The van der Waals surface area contributed by atoms with Gasteiger partial charge < -0.3 is 16.2 Å². The van der Waals surface area contributed by atoms with Crippen LogP contribution in [0.5, 0.6) is 0 Å². The second kappa shape index (κ2) is 5.63. The molecule has 2 rings (SSSR count). The monoisotopic (exact) mass is 308 g/mol. The lowest BCUT2D eigenvalue weighted by Gasteiger charge is -2.41.